The van der Waals surface area contributed by atoms with Crippen molar-refractivity contribution in [2.75, 3.05) is 20.1 Å². The third-order valence-electron chi connectivity index (χ3n) is 3.12. The molecule has 0 spiro atoms. The fourth-order valence-corrected chi connectivity index (χ4v) is 2.43. The minimum atomic E-state index is -1.13. The zero-order valence-electron chi connectivity index (χ0n) is 8.84. The van der Waals surface area contributed by atoms with E-state index in [1.807, 2.05) is 31.3 Å². The van der Waals surface area contributed by atoms with Crippen LogP contribution in [0.25, 0.3) is 0 Å². The average Bonchev–Trinajstić information content (AvgIpc) is 2.23. The zero-order chi connectivity index (χ0) is 10.9. The van der Waals surface area contributed by atoms with Crippen molar-refractivity contribution < 1.29 is 4.39 Å². The molecule has 82 valence electrons. The Morgan fingerprint density at radius 2 is 2.00 bits per heavy atom. The number of likely N-dealkylation sites (tertiary alicyclic amines) is 1. The van der Waals surface area contributed by atoms with Crippen molar-refractivity contribution in [1.29, 1.82) is 0 Å². The van der Waals surface area contributed by atoms with E-state index in [-0.39, 0.29) is 0 Å². The van der Waals surface area contributed by atoms with Gasteiger partial charge in [-0.25, -0.2) is 4.39 Å². The highest BCUT2D eigenvalue weighted by molar-refractivity contribution is 9.10. The highest BCUT2D eigenvalue weighted by Crippen LogP contribution is 2.37. The molecule has 0 N–H and O–H groups in total. The van der Waals surface area contributed by atoms with Crippen LogP contribution in [0.15, 0.2) is 28.7 Å². The van der Waals surface area contributed by atoms with Crippen LogP contribution < -0.4 is 0 Å². The Bertz CT molecular complexity index is 345. The zero-order valence-corrected chi connectivity index (χ0v) is 10.4. The van der Waals surface area contributed by atoms with Crippen LogP contribution in [-0.2, 0) is 5.67 Å². The Hall–Kier alpha value is -0.410. The van der Waals surface area contributed by atoms with Gasteiger partial charge in [0.05, 0.1) is 0 Å². The van der Waals surface area contributed by atoms with Crippen LogP contribution in [0.5, 0.6) is 0 Å². The fraction of sp³-hybridized carbons (Fsp3) is 0.500. The summed E-state index contributed by atoms with van der Waals surface area (Å²) in [4.78, 5) is 2.18. The number of halogens is 2. The van der Waals surface area contributed by atoms with Gasteiger partial charge >= 0.3 is 0 Å². The van der Waals surface area contributed by atoms with Gasteiger partial charge in [0.2, 0.25) is 0 Å². The standard InChI is InChI=1S/C12H15BrFN/c1-15-7-5-12(14,6-8-15)10-3-2-4-11(13)9-10/h2-4,9H,5-8H2,1H3. The van der Waals surface area contributed by atoms with E-state index in [1.165, 1.54) is 0 Å². The predicted molar refractivity (Wildman–Crippen MR) is 63.7 cm³/mol. The van der Waals surface area contributed by atoms with Crippen molar-refractivity contribution in [2.24, 2.45) is 0 Å². The van der Waals surface area contributed by atoms with Crippen LogP contribution in [0.1, 0.15) is 18.4 Å². The molecule has 1 aromatic carbocycles. The first-order valence-electron chi connectivity index (χ1n) is 5.24. The Morgan fingerprint density at radius 3 is 2.60 bits per heavy atom. The smallest absolute Gasteiger partial charge is 0.138 e. The summed E-state index contributed by atoms with van der Waals surface area (Å²) in [5.74, 6) is 0. The summed E-state index contributed by atoms with van der Waals surface area (Å²) >= 11 is 3.39. The van der Waals surface area contributed by atoms with Gasteiger partial charge in [-0.1, -0.05) is 28.1 Å². The number of rotatable bonds is 1. The van der Waals surface area contributed by atoms with Gasteiger partial charge in [-0.05, 0) is 37.6 Å². The molecule has 3 heteroatoms. The molecular formula is C12H15BrFN. The molecule has 0 saturated carbocycles. The second kappa shape index (κ2) is 4.22. The summed E-state index contributed by atoms with van der Waals surface area (Å²) in [6.45, 7) is 1.67. The molecule has 1 aromatic rings. The maximum absolute atomic E-state index is 14.6. The molecule has 0 bridgehead atoms. The van der Waals surface area contributed by atoms with Crippen LogP contribution in [0, 0.1) is 0 Å². The first-order chi connectivity index (χ1) is 7.10. The van der Waals surface area contributed by atoms with E-state index in [0.717, 1.165) is 23.1 Å². The summed E-state index contributed by atoms with van der Waals surface area (Å²) in [6.07, 6.45) is 1.19. The molecule has 15 heavy (non-hydrogen) atoms. The van der Waals surface area contributed by atoms with Gasteiger partial charge in [-0.3, -0.25) is 0 Å². The second-order valence-electron chi connectivity index (χ2n) is 4.28. The van der Waals surface area contributed by atoms with E-state index in [9.17, 15) is 4.39 Å². The summed E-state index contributed by atoms with van der Waals surface area (Å²) in [5.41, 5.74) is -0.319. The number of piperidine rings is 1. The molecule has 0 unspecified atom stereocenters. The molecule has 1 aliphatic rings. The lowest BCUT2D eigenvalue weighted by Gasteiger charge is -2.34. The van der Waals surface area contributed by atoms with Crippen molar-refractivity contribution in [3.8, 4) is 0 Å². The highest BCUT2D eigenvalue weighted by atomic mass is 79.9. The largest absolute Gasteiger partial charge is 0.306 e. The lowest BCUT2D eigenvalue weighted by atomic mass is 9.86. The van der Waals surface area contributed by atoms with Crippen LogP contribution in [-0.4, -0.2) is 25.0 Å². The average molecular weight is 272 g/mol. The molecule has 1 saturated heterocycles. The van der Waals surface area contributed by atoms with Crippen LogP contribution in [0.3, 0.4) is 0 Å². The monoisotopic (exact) mass is 271 g/mol. The number of benzene rings is 1. The van der Waals surface area contributed by atoms with Gasteiger partial charge in [0, 0.05) is 17.6 Å². The van der Waals surface area contributed by atoms with Gasteiger partial charge in [-0.2, -0.15) is 0 Å². The van der Waals surface area contributed by atoms with E-state index >= 15 is 0 Å². The Kier molecular flexibility index (Phi) is 3.12. The van der Waals surface area contributed by atoms with Crippen molar-refractivity contribution >= 4 is 15.9 Å². The molecule has 0 aromatic heterocycles. The minimum absolute atomic E-state index is 0.597. The lowest BCUT2D eigenvalue weighted by Crippen LogP contribution is -2.37. The molecule has 1 heterocycles. The second-order valence-corrected chi connectivity index (χ2v) is 5.19. The quantitative estimate of drug-likeness (QED) is 0.758. The molecule has 1 aliphatic heterocycles. The maximum atomic E-state index is 14.6. The van der Waals surface area contributed by atoms with E-state index in [2.05, 4.69) is 20.8 Å². The molecule has 1 nitrogen and oxygen atoms in total. The summed E-state index contributed by atoms with van der Waals surface area (Å²) in [7, 11) is 2.04. The number of hydrogen-bond donors (Lipinski definition) is 0. The van der Waals surface area contributed by atoms with Crippen molar-refractivity contribution in [2.45, 2.75) is 18.5 Å². The molecular weight excluding hydrogens is 257 g/mol. The van der Waals surface area contributed by atoms with Crippen molar-refractivity contribution in [3.63, 3.8) is 0 Å². The minimum Gasteiger partial charge on any atom is -0.306 e. The van der Waals surface area contributed by atoms with Crippen LogP contribution in [0.2, 0.25) is 0 Å². The Balaban J connectivity index is 2.22. The third-order valence-corrected chi connectivity index (χ3v) is 3.61. The van der Waals surface area contributed by atoms with E-state index < -0.39 is 5.67 Å². The van der Waals surface area contributed by atoms with Crippen molar-refractivity contribution in [1.82, 2.24) is 4.90 Å². The summed E-state index contributed by atoms with van der Waals surface area (Å²) < 4.78 is 15.6. The first-order valence-corrected chi connectivity index (χ1v) is 6.03. The number of alkyl halides is 1. The molecule has 0 atom stereocenters. The third kappa shape index (κ3) is 2.40. The van der Waals surface area contributed by atoms with Gasteiger partial charge in [0.15, 0.2) is 0 Å². The van der Waals surface area contributed by atoms with Gasteiger partial charge in [0.1, 0.15) is 5.67 Å². The van der Waals surface area contributed by atoms with Gasteiger partial charge < -0.3 is 4.90 Å². The topological polar surface area (TPSA) is 3.24 Å². The normalized spacial score (nSPS) is 21.5. The van der Waals surface area contributed by atoms with Crippen LogP contribution >= 0.6 is 15.9 Å². The van der Waals surface area contributed by atoms with E-state index in [0.29, 0.717) is 12.8 Å². The SMILES string of the molecule is CN1CCC(F)(c2cccc(Br)c2)CC1. The Labute approximate surface area is 98.4 Å². The lowest BCUT2D eigenvalue weighted by molar-refractivity contribution is 0.0673. The highest BCUT2D eigenvalue weighted by Gasteiger charge is 2.35. The molecule has 0 aliphatic carbocycles. The first kappa shape index (κ1) is 11.1. The molecule has 1 fully saturated rings. The van der Waals surface area contributed by atoms with E-state index in [1.54, 1.807) is 0 Å². The molecule has 0 radical (unpaired) electrons. The maximum Gasteiger partial charge on any atom is 0.138 e. The van der Waals surface area contributed by atoms with Crippen LogP contribution in [0.4, 0.5) is 4.39 Å². The fourth-order valence-electron chi connectivity index (χ4n) is 2.03. The summed E-state index contributed by atoms with van der Waals surface area (Å²) in [5, 5.41) is 0. The molecule has 2 rings (SSSR count). The van der Waals surface area contributed by atoms with E-state index in [4.69, 9.17) is 0 Å². The van der Waals surface area contributed by atoms with Crippen molar-refractivity contribution in [3.05, 3.63) is 34.3 Å². The van der Waals surface area contributed by atoms with Gasteiger partial charge in [0.25, 0.3) is 0 Å². The predicted octanol–water partition coefficient (Wildman–Crippen LogP) is 3.34. The van der Waals surface area contributed by atoms with Gasteiger partial charge in [-0.15, -0.1) is 0 Å². The number of hydrogen-bond acceptors (Lipinski definition) is 1. The summed E-state index contributed by atoms with van der Waals surface area (Å²) in [6, 6.07) is 7.61. The number of nitrogens with zero attached hydrogens (tertiary/aromatic N) is 1. The molecule has 0 amide bonds. The Morgan fingerprint density at radius 1 is 1.33 bits per heavy atom.